The summed E-state index contributed by atoms with van der Waals surface area (Å²) in [7, 11) is 0. The van der Waals surface area contributed by atoms with E-state index in [4.69, 9.17) is 4.74 Å². The second-order valence-electron chi connectivity index (χ2n) is 5.65. The van der Waals surface area contributed by atoms with Gasteiger partial charge in [-0.25, -0.2) is 0 Å². The maximum Gasteiger partial charge on any atom is 0.269 e. The van der Waals surface area contributed by atoms with Crippen molar-refractivity contribution in [1.29, 1.82) is 0 Å². The number of nitrogens with one attached hydrogen (secondary N) is 1. The van der Waals surface area contributed by atoms with Gasteiger partial charge in [0.05, 0.1) is 9.40 Å². The number of anilines is 1. The summed E-state index contributed by atoms with van der Waals surface area (Å²) in [6, 6.07) is 21.2. The summed E-state index contributed by atoms with van der Waals surface area (Å²) in [5.74, 6) is 0.191. The van der Waals surface area contributed by atoms with Crippen LogP contribution in [0, 0.1) is 10.1 Å². The Bertz CT molecular complexity index is 959. The Morgan fingerprint density at radius 1 is 1.00 bits per heavy atom. The average Bonchev–Trinajstić information content (AvgIpc) is 2.68. The minimum absolute atomic E-state index is 0.0355. The molecule has 136 valence electrons. The van der Waals surface area contributed by atoms with Gasteiger partial charge in [-0.05, 0) is 51.3 Å². The van der Waals surface area contributed by atoms with Crippen LogP contribution in [0.4, 0.5) is 11.4 Å². The first-order valence-electron chi connectivity index (χ1n) is 8.05. The van der Waals surface area contributed by atoms with Gasteiger partial charge in [0, 0.05) is 17.8 Å². The van der Waals surface area contributed by atoms with Crippen molar-refractivity contribution in [2.75, 3.05) is 11.9 Å². The van der Waals surface area contributed by atoms with Gasteiger partial charge in [-0.1, -0.05) is 36.4 Å². The monoisotopic (exact) mass is 426 g/mol. The van der Waals surface area contributed by atoms with E-state index in [0.717, 1.165) is 15.6 Å². The molecule has 0 atom stereocenters. The SMILES string of the molecule is O=C(COc1ccc(-c2ccccc2)cc1Br)Nc1ccc([N+](=O)[O-])cc1. The number of nitrogens with zero attached hydrogens (tertiary/aromatic N) is 1. The Morgan fingerprint density at radius 3 is 2.33 bits per heavy atom. The van der Waals surface area contributed by atoms with Crippen LogP contribution in [-0.4, -0.2) is 17.4 Å². The highest BCUT2D eigenvalue weighted by atomic mass is 79.9. The smallest absolute Gasteiger partial charge is 0.269 e. The van der Waals surface area contributed by atoms with Gasteiger partial charge in [0.15, 0.2) is 6.61 Å². The molecule has 0 aliphatic carbocycles. The highest BCUT2D eigenvalue weighted by molar-refractivity contribution is 9.10. The molecule has 0 unspecified atom stereocenters. The van der Waals surface area contributed by atoms with Gasteiger partial charge in [-0.2, -0.15) is 0 Å². The maximum atomic E-state index is 12.0. The van der Waals surface area contributed by atoms with Crippen molar-refractivity contribution in [2.45, 2.75) is 0 Å². The Morgan fingerprint density at radius 2 is 1.70 bits per heavy atom. The van der Waals surface area contributed by atoms with E-state index in [9.17, 15) is 14.9 Å². The molecule has 7 heteroatoms. The van der Waals surface area contributed by atoms with Crippen molar-refractivity contribution in [3.05, 3.63) is 87.4 Å². The highest BCUT2D eigenvalue weighted by Crippen LogP contribution is 2.30. The molecule has 0 aliphatic rings. The third-order valence-corrected chi connectivity index (χ3v) is 4.38. The largest absolute Gasteiger partial charge is 0.483 e. The Labute approximate surface area is 164 Å². The first-order valence-corrected chi connectivity index (χ1v) is 8.84. The molecule has 1 amide bonds. The van der Waals surface area contributed by atoms with Crippen LogP contribution >= 0.6 is 15.9 Å². The first-order chi connectivity index (χ1) is 13.0. The first kappa shape index (κ1) is 18.6. The van der Waals surface area contributed by atoms with Gasteiger partial charge in [-0.3, -0.25) is 14.9 Å². The number of nitro groups is 1. The summed E-state index contributed by atoms with van der Waals surface area (Å²) in [4.78, 5) is 22.2. The van der Waals surface area contributed by atoms with Crippen molar-refractivity contribution in [3.63, 3.8) is 0 Å². The summed E-state index contributed by atoms with van der Waals surface area (Å²) in [6.07, 6.45) is 0. The van der Waals surface area contributed by atoms with Gasteiger partial charge >= 0.3 is 0 Å². The van der Waals surface area contributed by atoms with E-state index in [1.807, 2.05) is 42.5 Å². The molecule has 3 aromatic carbocycles. The van der Waals surface area contributed by atoms with E-state index < -0.39 is 4.92 Å². The topological polar surface area (TPSA) is 81.5 Å². The molecule has 3 aromatic rings. The van der Waals surface area contributed by atoms with Crippen molar-refractivity contribution in [2.24, 2.45) is 0 Å². The normalized spacial score (nSPS) is 10.3. The predicted octanol–water partition coefficient (Wildman–Crippen LogP) is 5.04. The Balaban J connectivity index is 1.59. The molecule has 0 bridgehead atoms. The molecule has 0 aromatic heterocycles. The Hall–Kier alpha value is -3.19. The van der Waals surface area contributed by atoms with Crippen molar-refractivity contribution in [1.82, 2.24) is 0 Å². The summed E-state index contributed by atoms with van der Waals surface area (Å²) in [5.41, 5.74) is 2.55. The van der Waals surface area contributed by atoms with Crippen molar-refractivity contribution < 1.29 is 14.5 Å². The minimum Gasteiger partial charge on any atom is -0.483 e. The number of benzene rings is 3. The van der Waals surface area contributed by atoms with Gasteiger partial charge < -0.3 is 10.1 Å². The number of amides is 1. The number of hydrogen-bond donors (Lipinski definition) is 1. The van der Waals surface area contributed by atoms with E-state index >= 15 is 0 Å². The standard InChI is InChI=1S/C20H15BrN2O4/c21-18-12-15(14-4-2-1-3-5-14)6-11-19(18)27-13-20(24)22-16-7-9-17(10-8-16)23(25)26/h1-12H,13H2,(H,22,24). The molecule has 0 radical (unpaired) electrons. The van der Waals surface area contributed by atoms with Gasteiger partial charge in [-0.15, -0.1) is 0 Å². The summed E-state index contributed by atoms with van der Waals surface area (Å²) in [5, 5.41) is 13.3. The van der Waals surface area contributed by atoms with Crippen LogP contribution in [0.25, 0.3) is 11.1 Å². The van der Waals surface area contributed by atoms with Crippen LogP contribution in [-0.2, 0) is 4.79 Å². The third-order valence-electron chi connectivity index (χ3n) is 3.76. The second-order valence-corrected chi connectivity index (χ2v) is 6.51. The van der Waals surface area contributed by atoms with Gasteiger partial charge in [0.2, 0.25) is 0 Å². The van der Waals surface area contributed by atoms with Crippen LogP contribution in [0.15, 0.2) is 77.3 Å². The molecule has 0 heterocycles. The fraction of sp³-hybridized carbons (Fsp3) is 0.0500. The van der Waals surface area contributed by atoms with E-state index in [0.29, 0.717) is 11.4 Å². The number of carbonyl (C=O) groups is 1. The predicted molar refractivity (Wildman–Crippen MR) is 107 cm³/mol. The second kappa shape index (κ2) is 8.46. The number of rotatable bonds is 6. The lowest BCUT2D eigenvalue weighted by Gasteiger charge is -2.10. The highest BCUT2D eigenvalue weighted by Gasteiger charge is 2.09. The number of halogens is 1. The molecule has 0 saturated carbocycles. The molecule has 0 aliphatic heterocycles. The van der Waals surface area contributed by atoms with E-state index in [2.05, 4.69) is 21.2 Å². The van der Waals surface area contributed by atoms with Crippen LogP contribution in [0.2, 0.25) is 0 Å². The number of nitro benzene ring substituents is 1. The number of hydrogen-bond acceptors (Lipinski definition) is 4. The third kappa shape index (κ3) is 4.92. The van der Waals surface area contributed by atoms with Crippen LogP contribution in [0.1, 0.15) is 0 Å². The zero-order chi connectivity index (χ0) is 19.2. The lowest BCUT2D eigenvalue weighted by Crippen LogP contribution is -2.20. The Kier molecular flexibility index (Phi) is 5.83. The average molecular weight is 427 g/mol. The lowest BCUT2D eigenvalue weighted by molar-refractivity contribution is -0.384. The number of carbonyl (C=O) groups excluding carboxylic acids is 1. The van der Waals surface area contributed by atoms with E-state index in [-0.39, 0.29) is 18.2 Å². The summed E-state index contributed by atoms with van der Waals surface area (Å²) in [6.45, 7) is -0.180. The summed E-state index contributed by atoms with van der Waals surface area (Å²) < 4.78 is 6.30. The van der Waals surface area contributed by atoms with Crippen LogP contribution < -0.4 is 10.1 Å². The van der Waals surface area contributed by atoms with Crippen molar-refractivity contribution >= 4 is 33.2 Å². The molecule has 0 saturated heterocycles. The molecule has 6 nitrogen and oxygen atoms in total. The fourth-order valence-corrected chi connectivity index (χ4v) is 2.93. The molecule has 0 fully saturated rings. The summed E-state index contributed by atoms with van der Waals surface area (Å²) >= 11 is 3.46. The molecule has 1 N–H and O–H groups in total. The zero-order valence-electron chi connectivity index (χ0n) is 14.1. The number of ether oxygens (including phenoxy) is 1. The van der Waals surface area contributed by atoms with E-state index in [1.54, 1.807) is 6.07 Å². The molecular formula is C20H15BrN2O4. The van der Waals surface area contributed by atoms with Gasteiger partial charge in [0.1, 0.15) is 5.75 Å². The van der Waals surface area contributed by atoms with E-state index in [1.165, 1.54) is 24.3 Å². The molecular weight excluding hydrogens is 412 g/mol. The molecule has 3 rings (SSSR count). The van der Waals surface area contributed by atoms with Crippen LogP contribution in [0.3, 0.4) is 0 Å². The van der Waals surface area contributed by atoms with Crippen LogP contribution in [0.5, 0.6) is 5.75 Å². The lowest BCUT2D eigenvalue weighted by atomic mass is 10.1. The molecule has 27 heavy (non-hydrogen) atoms. The maximum absolute atomic E-state index is 12.0. The minimum atomic E-state index is -0.495. The quantitative estimate of drug-likeness (QED) is 0.441. The number of non-ortho nitro benzene ring substituents is 1. The van der Waals surface area contributed by atoms with Crippen molar-refractivity contribution in [3.8, 4) is 16.9 Å². The fourth-order valence-electron chi connectivity index (χ4n) is 2.43. The molecule has 0 spiro atoms. The van der Waals surface area contributed by atoms with Gasteiger partial charge in [0.25, 0.3) is 11.6 Å². The zero-order valence-corrected chi connectivity index (χ0v) is 15.7.